The molecule has 0 aliphatic rings. The van der Waals surface area contributed by atoms with Gasteiger partial charge in [-0.15, -0.1) is 0 Å². The van der Waals surface area contributed by atoms with Crippen molar-refractivity contribution in [3.63, 3.8) is 0 Å². The minimum atomic E-state index is -2.92. The SMILES string of the molecule is O=C(CO/N=C\c1ccccc1OC(F)F)NCCCc1ccccc1. The molecule has 0 spiro atoms. The molecule has 0 atom stereocenters. The van der Waals surface area contributed by atoms with E-state index in [4.69, 9.17) is 4.84 Å². The Balaban J connectivity index is 1.66. The maximum Gasteiger partial charge on any atom is 0.387 e. The first-order valence-corrected chi connectivity index (χ1v) is 8.15. The van der Waals surface area contributed by atoms with Gasteiger partial charge in [0, 0.05) is 12.1 Å². The summed E-state index contributed by atoms with van der Waals surface area (Å²) >= 11 is 0. The zero-order chi connectivity index (χ0) is 18.6. The molecule has 2 aromatic carbocycles. The number of hydrogen-bond acceptors (Lipinski definition) is 4. The summed E-state index contributed by atoms with van der Waals surface area (Å²) < 4.78 is 29.0. The molecule has 138 valence electrons. The maximum atomic E-state index is 12.3. The van der Waals surface area contributed by atoms with Crippen LogP contribution < -0.4 is 10.1 Å². The summed E-state index contributed by atoms with van der Waals surface area (Å²) in [5.74, 6) is -0.312. The number of hydrogen-bond donors (Lipinski definition) is 1. The predicted molar refractivity (Wildman–Crippen MR) is 94.4 cm³/mol. The molecule has 0 aliphatic heterocycles. The molecule has 0 fully saturated rings. The van der Waals surface area contributed by atoms with Crippen LogP contribution >= 0.6 is 0 Å². The van der Waals surface area contributed by atoms with Crippen LogP contribution in [0.4, 0.5) is 8.78 Å². The van der Waals surface area contributed by atoms with E-state index in [1.54, 1.807) is 18.2 Å². The lowest BCUT2D eigenvalue weighted by Crippen LogP contribution is -2.28. The average Bonchev–Trinajstić information content (AvgIpc) is 2.64. The van der Waals surface area contributed by atoms with E-state index in [0.717, 1.165) is 12.8 Å². The third-order valence-electron chi connectivity index (χ3n) is 3.40. The van der Waals surface area contributed by atoms with E-state index < -0.39 is 6.61 Å². The highest BCUT2D eigenvalue weighted by atomic mass is 19.3. The zero-order valence-electron chi connectivity index (χ0n) is 14.1. The van der Waals surface area contributed by atoms with Gasteiger partial charge in [-0.3, -0.25) is 4.79 Å². The van der Waals surface area contributed by atoms with Crippen molar-refractivity contribution in [2.24, 2.45) is 5.16 Å². The van der Waals surface area contributed by atoms with Gasteiger partial charge < -0.3 is 14.9 Å². The standard InChI is InChI=1S/C19H20F2N2O3/c20-19(21)26-17-11-5-4-10-16(17)13-23-25-14-18(24)22-12-6-9-15-7-2-1-3-8-15/h1-5,7-8,10-11,13,19H,6,9,12,14H2,(H,22,24)/b23-13-. The molecular formula is C19H20F2N2O3. The van der Waals surface area contributed by atoms with E-state index >= 15 is 0 Å². The van der Waals surface area contributed by atoms with Crippen LogP contribution in [0.25, 0.3) is 0 Å². The molecule has 26 heavy (non-hydrogen) atoms. The van der Waals surface area contributed by atoms with Gasteiger partial charge in [0.15, 0.2) is 6.61 Å². The summed E-state index contributed by atoms with van der Waals surface area (Å²) in [6, 6.07) is 16.2. The number of oxime groups is 1. The van der Waals surface area contributed by atoms with Gasteiger partial charge in [0.05, 0.1) is 6.21 Å². The van der Waals surface area contributed by atoms with Crippen LogP contribution in [0.3, 0.4) is 0 Å². The molecule has 1 amide bonds. The minimum Gasteiger partial charge on any atom is -0.434 e. The van der Waals surface area contributed by atoms with Gasteiger partial charge in [-0.05, 0) is 30.5 Å². The summed E-state index contributed by atoms with van der Waals surface area (Å²) in [7, 11) is 0. The molecule has 2 rings (SSSR count). The van der Waals surface area contributed by atoms with Crippen molar-refractivity contribution in [3.05, 3.63) is 65.7 Å². The fourth-order valence-corrected chi connectivity index (χ4v) is 2.20. The quantitative estimate of drug-likeness (QED) is 0.400. The van der Waals surface area contributed by atoms with E-state index in [1.165, 1.54) is 17.8 Å². The van der Waals surface area contributed by atoms with Crippen molar-refractivity contribution in [2.75, 3.05) is 13.2 Å². The number of nitrogens with zero attached hydrogens (tertiary/aromatic N) is 1. The zero-order valence-corrected chi connectivity index (χ0v) is 14.1. The van der Waals surface area contributed by atoms with E-state index in [1.807, 2.05) is 30.3 Å². The van der Waals surface area contributed by atoms with Crippen LogP contribution in [0.1, 0.15) is 17.5 Å². The second kappa shape index (κ2) is 10.8. The van der Waals surface area contributed by atoms with Crippen molar-refractivity contribution in [3.8, 4) is 5.75 Å². The summed E-state index contributed by atoms with van der Waals surface area (Å²) in [6.07, 6.45) is 2.92. The Labute approximate surface area is 150 Å². The molecule has 1 N–H and O–H groups in total. The van der Waals surface area contributed by atoms with Crippen molar-refractivity contribution in [1.82, 2.24) is 5.32 Å². The molecule has 7 heteroatoms. The Morgan fingerprint density at radius 2 is 1.85 bits per heavy atom. The van der Waals surface area contributed by atoms with Crippen LogP contribution in [-0.2, 0) is 16.1 Å². The average molecular weight is 362 g/mol. The summed E-state index contributed by atoms with van der Waals surface area (Å²) in [5.41, 5.74) is 1.54. The highest BCUT2D eigenvalue weighted by Gasteiger charge is 2.07. The topological polar surface area (TPSA) is 59.9 Å². The minimum absolute atomic E-state index is 0.0137. The molecule has 0 saturated heterocycles. The number of rotatable bonds is 10. The van der Waals surface area contributed by atoms with Gasteiger partial charge in [0.1, 0.15) is 5.75 Å². The maximum absolute atomic E-state index is 12.3. The van der Waals surface area contributed by atoms with E-state index in [9.17, 15) is 13.6 Å². The van der Waals surface area contributed by atoms with Gasteiger partial charge in [-0.1, -0.05) is 47.6 Å². The van der Waals surface area contributed by atoms with E-state index in [-0.39, 0.29) is 18.3 Å². The number of benzene rings is 2. The largest absolute Gasteiger partial charge is 0.434 e. The smallest absolute Gasteiger partial charge is 0.387 e. The van der Waals surface area contributed by atoms with E-state index in [2.05, 4.69) is 15.2 Å². The first-order valence-electron chi connectivity index (χ1n) is 8.15. The second-order valence-electron chi connectivity index (χ2n) is 5.36. The lowest BCUT2D eigenvalue weighted by Gasteiger charge is -2.07. The Bertz CT molecular complexity index is 709. The molecule has 5 nitrogen and oxygen atoms in total. The molecule has 2 aromatic rings. The van der Waals surface area contributed by atoms with Crippen molar-refractivity contribution >= 4 is 12.1 Å². The number of para-hydroxylation sites is 1. The number of carbonyl (C=O) groups excluding carboxylic acids is 1. The Kier molecular flexibility index (Phi) is 8.05. The van der Waals surface area contributed by atoms with Crippen molar-refractivity contribution < 1.29 is 23.1 Å². The van der Waals surface area contributed by atoms with Crippen molar-refractivity contribution in [2.45, 2.75) is 19.5 Å². The lowest BCUT2D eigenvalue weighted by atomic mass is 10.1. The van der Waals surface area contributed by atoms with Crippen LogP contribution in [0.5, 0.6) is 5.75 Å². The fourth-order valence-electron chi connectivity index (χ4n) is 2.20. The third-order valence-corrected chi connectivity index (χ3v) is 3.40. The number of ether oxygens (including phenoxy) is 1. The van der Waals surface area contributed by atoms with Gasteiger partial charge in [-0.2, -0.15) is 8.78 Å². The number of alkyl halides is 2. The van der Waals surface area contributed by atoms with Crippen LogP contribution in [0.2, 0.25) is 0 Å². The predicted octanol–water partition coefficient (Wildman–Crippen LogP) is 3.39. The van der Waals surface area contributed by atoms with Crippen LogP contribution in [-0.4, -0.2) is 31.9 Å². The molecular weight excluding hydrogens is 342 g/mol. The number of aryl methyl sites for hydroxylation is 1. The molecule has 0 bridgehead atoms. The number of amides is 1. The second-order valence-corrected chi connectivity index (χ2v) is 5.36. The van der Waals surface area contributed by atoms with Crippen LogP contribution in [0, 0.1) is 0 Å². The Morgan fingerprint density at radius 1 is 1.12 bits per heavy atom. The van der Waals surface area contributed by atoms with Crippen LogP contribution in [0.15, 0.2) is 59.8 Å². The lowest BCUT2D eigenvalue weighted by molar-refractivity contribution is -0.125. The fraction of sp³-hybridized carbons (Fsp3) is 0.263. The highest BCUT2D eigenvalue weighted by Crippen LogP contribution is 2.18. The number of carbonyl (C=O) groups is 1. The number of halogens is 2. The molecule has 0 aromatic heterocycles. The van der Waals surface area contributed by atoms with Gasteiger partial charge in [0.2, 0.25) is 0 Å². The van der Waals surface area contributed by atoms with Gasteiger partial charge in [0.25, 0.3) is 5.91 Å². The van der Waals surface area contributed by atoms with Crippen molar-refractivity contribution in [1.29, 1.82) is 0 Å². The molecule has 0 saturated carbocycles. The number of nitrogens with one attached hydrogen (secondary N) is 1. The Morgan fingerprint density at radius 3 is 2.62 bits per heavy atom. The summed E-state index contributed by atoms with van der Waals surface area (Å²) in [6.45, 7) is -2.64. The van der Waals surface area contributed by atoms with E-state index in [0.29, 0.717) is 12.1 Å². The molecule has 0 radical (unpaired) electrons. The monoisotopic (exact) mass is 362 g/mol. The normalized spacial score (nSPS) is 10.9. The first kappa shape index (κ1) is 19.4. The highest BCUT2D eigenvalue weighted by molar-refractivity contribution is 5.83. The first-order chi connectivity index (χ1) is 12.6. The van der Waals surface area contributed by atoms with Gasteiger partial charge >= 0.3 is 6.61 Å². The summed E-state index contributed by atoms with van der Waals surface area (Å²) in [4.78, 5) is 16.5. The Hall–Kier alpha value is -2.96. The molecule has 0 heterocycles. The third kappa shape index (κ3) is 7.29. The van der Waals surface area contributed by atoms with Gasteiger partial charge in [-0.25, -0.2) is 0 Å². The molecule has 0 unspecified atom stereocenters. The summed E-state index contributed by atoms with van der Waals surface area (Å²) in [5, 5.41) is 6.34. The molecule has 0 aliphatic carbocycles.